The lowest BCUT2D eigenvalue weighted by Gasteiger charge is -2.22. The van der Waals surface area contributed by atoms with Gasteiger partial charge in [-0.3, -0.25) is 5.32 Å². The van der Waals surface area contributed by atoms with Crippen LogP contribution in [0.25, 0.3) is 0 Å². The number of methoxy groups -OCH3 is 1. The Bertz CT molecular complexity index is 199. The summed E-state index contributed by atoms with van der Waals surface area (Å²) in [4.78, 5) is 0. The van der Waals surface area contributed by atoms with Gasteiger partial charge in [-0.2, -0.15) is 18.4 Å². The lowest BCUT2D eigenvalue weighted by molar-refractivity contribution is -0.128. The molecule has 76 valence electrons. The van der Waals surface area contributed by atoms with Gasteiger partial charge in [0.05, 0.1) is 19.2 Å². The number of halogens is 3. The van der Waals surface area contributed by atoms with Crippen molar-refractivity contribution < 1.29 is 17.9 Å². The average Bonchev–Trinajstić information content (AvgIpc) is 2.01. The molecule has 13 heavy (non-hydrogen) atoms. The number of alkyl halides is 3. The molecule has 3 nitrogen and oxygen atoms in total. The Morgan fingerprint density at radius 1 is 1.46 bits per heavy atom. The Morgan fingerprint density at radius 3 is 2.31 bits per heavy atom. The standard InChI is InChI=1S/C7H11F3N2O/c1-6(3-11,5-13-2)12-4-7(8,9)10/h12H,4-5H2,1-2H3. The van der Waals surface area contributed by atoms with E-state index in [-0.39, 0.29) is 6.61 Å². The number of hydrogen-bond acceptors (Lipinski definition) is 3. The minimum absolute atomic E-state index is 0.0838. The monoisotopic (exact) mass is 196 g/mol. The molecule has 1 unspecified atom stereocenters. The number of rotatable bonds is 4. The highest BCUT2D eigenvalue weighted by atomic mass is 19.4. The van der Waals surface area contributed by atoms with Gasteiger partial charge in [-0.25, -0.2) is 0 Å². The van der Waals surface area contributed by atoms with E-state index in [1.807, 2.05) is 0 Å². The molecule has 0 radical (unpaired) electrons. The van der Waals surface area contributed by atoms with E-state index in [1.54, 1.807) is 6.07 Å². The first-order valence-corrected chi connectivity index (χ1v) is 3.55. The van der Waals surface area contributed by atoms with Crippen LogP contribution in [0.3, 0.4) is 0 Å². The quantitative estimate of drug-likeness (QED) is 0.731. The molecule has 0 bridgehead atoms. The van der Waals surface area contributed by atoms with Crippen LogP contribution < -0.4 is 5.32 Å². The largest absolute Gasteiger partial charge is 0.401 e. The zero-order valence-electron chi connectivity index (χ0n) is 7.40. The summed E-state index contributed by atoms with van der Waals surface area (Å²) in [6.07, 6.45) is -4.31. The van der Waals surface area contributed by atoms with E-state index in [4.69, 9.17) is 5.26 Å². The fourth-order valence-electron chi connectivity index (χ4n) is 0.707. The van der Waals surface area contributed by atoms with Crippen LogP contribution in [0.1, 0.15) is 6.92 Å². The zero-order valence-corrected chi connectivity index (χ0v) is 7.40. The highest BCUT2D eigenvalue weighted by Gasteiger charge is 2.32. The second-order valence-electron chi connectivity index (χ2n) is 2.85. The van der Waals surface area contributed by atoms with Crippen molar-refractivity contribution in [2.24, 2.45) is 0 Å². The summed E-state index contributed by atoms with van der Waals surface area (Å²) in [7, 11) is 1.32. The highest BCUT2D eigenvalue weighted by molar-refractivity contribution is 5.04. The van der Waals surface area contributed by atoms with Crippen molar-refractivity contribution in [3.63, 3.8) is 0 Å². The van der Waals surface area contributed by atoms with Crippen molar-refractivity contribution in [2.75, 3.05) is 20.3 Å². The maximum absolute atomic E-state index is 11.7. The molecule has 0 aliphatic carbocycles. The van der Waals surface area contributed by atoms with Crippen molar-refractivity contribution in [1.82, 2.24) is 5.32 Å². The Balaban J connectivity index is 4.07. The minimum Gasteiger partial charge on any atom is -0.382 e. The van der Waals surface area contributed by atoms with Gasteiger partial charge in [-0.1, -0.05) is 0 Å². The summed E-state index contributed by atoms with van der Waals surface area (Å²) in [5, 5.41) is 10.6. The van der Waals surface area contributed by atoms with E-state index in [1.165, 1.54) is 14.0 Å². The molecule has 1 N–H and O–H groups in total. The van der Waals surface area contributed by atoms with E-state index in [9.17, 15) is 13.2 Å². The van der Waals surface area contributed by atoms with Gasteiger partial charge in [0.2, 0.25) is 0 Å². The Labute approximate surface area is 74.5 Å². The van der Waals surface area contributed by atoms with Gasteiger partial charge in [0.1, 0.15) is 5.54 Å². The van der Waals surface area contributed by atoms with Crippen molar-refractivity contribution in [3.8, 4) is 6.07 Å². The lowest BCUT2D eigenvalue weighted by Crippen LogP contribution is -2.48. The first kappa shape index (κ1) is 12.2. The molecule has 1 atom stereocenters. The molecule has 0 aromatic carbocycles. The molecule has 0 fully saturated rings. The maximum atomic E-state index is 11.7. The molecule has 0 aliphatic rings. The lowest BCUT2D eigenvalue weighted by atomic mass is 10.1. The average molecular weight is 196 g/mol. The first-order valence-electron chi connectivity index (χ1n) is 3.55. The molecule has 0 saturated carbocycles. The number of nitrogens with one attached hydrogen (secondary N) is 1. The summed E-state index contributed by atoms with van der Waals surface area (Å²) in [6, 6.07) is 1.72. The predicted molar refractivity (Wildman–Crippen MR) is 40.0 cm³/mol. The van der Waals surface area contributed by atoms with Crippen LogP contribution in [0, 0.1) is 11.3 Å². The van der Waals surface area contributed by atoms with Crippen molar-refractivity contribution in [1.29, 1.82) is 5.26 Å². The van der Waals surface area contributed by atoms with E-state index in [0.29, 0.717) is 0 Å². The fourth-order valence-corrected chi connectivity index (χ4v) is 0.707. The predicted octanol–water partition coefficient (Wildman–Crippen LogP) is 1.07. The van der Waals surface area contributed by atoms with Crippen LogP contribution >= 0.6 is 0 Å². The smallest absolute Gasteiger partial charge is 0.382 e. The third-order valence-corrected chi connectivity index (χ3v) is 1.36. The molecule has 6 heteroatoms. The van der Waals surface area contributed by atoms with Crippen LogP contribution in [0.15, 0.2) is 0 Å². The Morgan fingerprint density at radius 2 is 2.00 bits per heavy atom. The fraction of sp³-hybridized carbons (Fsp3) is 0.857. The zero-order chi connectivity index (χ0) is 10.5. The summed E-state index contributed by atoms with van der Waals surface area (Å²) >= 11 is 0. The minimum atomic E-state index is -4.31. The summed E-state index contributed by atoms with van der Waals surface area (Å²) < 4.78 is 39.9. The van der Waals surface area contributed by atoms with Crippen LogP contribution in [-0.2, 0) is 4.74 Å². The molecular formula is C7H11F3N2O. The molecule has 0 saturated heterocycles. The number of hydrogen-bond donors (Lipinski definition) is 1. The summed E-state index contributed by atoms with van der Waals surface area (Å²) in [6.45, 7) is 0.0717. The van der Waals surface area contributed by atoms with Gasteiger partial charge < -0.3 is 4.74 Å². The van der Waals surface area contributed by atoms with Crippen molar-refractivity contribution in [3.05, 3.63) is 0 Å². The molecule has 0 amide bonds. The molecule has 0 aromatic heterocycles. The third-order valence-electron chi connectivity index (χ3n) is 1.36. The molecule has 0 spiro atoms. The number of ether oxygens (including phenoxy) is 1. The van der Waals surface area contributed by atoms with Crippen LogP contribution in [0.5, 0.6) is 0 Å². The normalized spacial score (nSPS) is 16.3. The van der Waals surface area contributed by atoms with Crippen molar-refractivity contribution in [2.45, 2.75) is 18.6 Å². The van der Waals surface area contributed by atoms with E-state index < -0.39 is 18.3 Å². The Kier molecular flexibility index (Phi) is 4.17. The second kappa shape index (κ2) is 4.44. The number of nitriles is 1. The first-order chi connectivity index (χ1) is 5.83. The third kappa shape index (κ3) is 5.44. The highest BCUT2D eigenvalue weighted by Crippen LogP contribution is 2.14. The molecule has 0 rings (SSSR count). The maximum Gasteiger partial charge on any atom is 0.401 e. The van der Waals surface area contributed by atoms with E-state index in [0.717, 1.165) is 0 Å². The van der Waals surface area contributed by atoms with Gasteiger partial charge in [0.25, 0.3) is 0 Å². The molecule has 0 heterocycles. The molecule has 0 aromatic rings. The van der Waals surface area contributed by atoms with Crippen LogP contribution in [-0.4, -0.2) is 32.0 Å². The van der Waals surface area contributed by atoms with Gasteiger partial charge in [0, 0.05) is 7.11 Å². The summed E-state index contributed by atoms with van der Waals surface area (Å²) in [5.41, 5.74) is -1.29. The van der Waals surface area contributed by atoms with Crippen LogP contribution in [0.2, 0.25) is 0 Å². The molecular weight excluding hydrogens is 185 g/mol. The van der Waals surface area contributed by atoms with E-state index in [2.05, 4.69) is 10.1 Å². The van der Waals surface area contributed by atoms with Crippen molar-refractivity contribution >= 4 is 0 Å². The van der Waals surface area contributed by atoms with Gasteiger partial charge in [-0.05, 0) is 6.92 Å². The number of nitrogens with zero attached hydrogens (tertiary/aromatic N) is 1. The van der Waals surface area contributed by atoms with Gasteiger partial charge in [-0.15, -0.1) is 0 Å². The molecule has 0 aliphatic heterocycles. The SMILES string of the molecule is COCC(C)(C#N)NCC(F)(F)F. The van der Waals surface area contributed by atoms with Gasteiger partial charge >= 0.3 is 6.18 Å². The summed E-state index contributed by atoms with van der Waals surface area (Å²) in [5.74, 6) is 0. The van der Waals surface area contributed by atoms with Crippen LogP contribution in [0.4, 0.5) is 13.2 Å². The van der Waals surface area contributed by atoms with E-state index >= 15 is 0 Å². The topological polar surface area (TPSA) is 45.0 Å². The van der Waals surface area contributed by atoms with Gasteiger partial charge in [0.15, 0.2) is 0 Å². The second-order valence-corrected chi connectivity index (χ2v) is 2.85. The Hall–Kier alpha value is -0.800.